The molecule has 0 aliphatic carbocycles. The molecule has 5 aromatic rings. The average molecular weight is 452 g/mol. The summed E-state index contributed by atoms with van der Waals surface area (Å²) in [5, 5.41) is 1.26. The highest BCUT2D eigenvalue weighted by atomic mass is 79.9. The second kappa shape index (κ2) is 7.62. The molecule has 1 heterocycles. The molecule has 0 spiro atoms. The quantitative estimate of drug-likeness (QED) is 0.248. The van der Waals surface area contributed by atoms with E-state index in [-0.39, 0.29) is 0 Å². The fourth-order valence-electron chi connectivity index (χ4n) is 4.60. The van der Waals surface area contributed by atoms with Gasteiger partial charge in [-0.25, -0.2) is 0 Å². The molecule has 146 valence electrons. The standard InChI is InChI=1S/C28H22BrN/c1-21-20-30(27-18-17-25(29)19-26(21)27)28(22-11-5-2-6-12-22,23-13-7-3-8-14-23)24-15-9-4-10-16-24/h2-20H,1H3. The first kappa shape index (κ1) is 18.9. The summed E-state index contributed by atoms with van der Waals surface area (Å²) in [6.07, 6.45) is 2.30. The molecule has 0 unspecified atom stereocenters. The fraction of sp³-hybridized carbons (Fsp3) is 0.0714. The first-order chi connectivity index (χ1) is 14.7. The molecule has 1 aromatic heterocycles. The summed E-state index contributed by atoms with van der Waals surface area (Å²) < 4.78 is 3.55. The Balaban J connectivity index is 1.98. The van der Waals surface area contributed by atoms with Crippen LogP contribution in [0.15, 0.2) is 120 Å². The number of aryl methyl sites for hydroxylation is 1. The van der Waals surface area contributed by atoms with Crippen molar-refractivity contribution in [2.75, 3.05) is 0 Å². The molecular weight excluding hydrogens is 430 g/mol. The van der Waals surface area contributed by atoms with E-state index >= 15 is 0 Å². The Morgan fingerprint density at radius 1 is 0.633 bits per heavy atom. The molecule has 0 amide bonds. The molecule has 30 heavy (non-hydrogen) atoms. The number of fused-ring (bicyclic) bond motifs is 1. The second-order valence-corrected chi connectivity index (χ2v) is 8.57. The number of halogens is 1. The lowest BCUT2D eigenvalue weighted by Gasteiger charge is -2.38. The lowest BCUT2D eigenvalue weighted by Crippen LogP contribution is -2.37. The molecule has 0 radical (unpaired) electrons. The van der Waals surface area contributed by atoms with Crippen molar-refractivity contribution in [3.63, 3.8) is 0 Å². The van der Waals surface area contributed by atoms with Crippen LogP contribution < -0.4 is 0 Å². The molecular formula is C28H22BrN. The Kier molecular flexibility index (Phi) is 4.80. The SMILES string of the molecule is Cc1cn(C(c2ccccc2)(c2ccccc2)c2ccccc2)c2ccc(Br)cc12. The minimum absolute atomic E-state index is 0.482. The van der Waals surface area contributed by atoms with Crippen LogP contribution in [0.5, 0.6) is 0 Å². The van der Waals surface area contributed by atoms with Crippen molar-refractivity contribution >= 4 is 26.8 Å². The molecule has 0 aliphatic heterocycles. The summed E-state index contributed by atoms with van der Waals surface area (Å²) in [4.78, 5) is 0. The molecule has 0 bridgehead atoms. The van der Waals surface area contributed by atoms with Crippen molar-refractivity contribution in [3.05, 3.63) is 142 Å². The molecule has 0 aliphatic rings. The normalized spacial score (nSPS) is 11.7. The van der Waals surface area contributed by atoms with E-state index in [0.29, 0.717) is 0 Å². The van der Waals surface area contributed by atoms with Gasteiger partial charge < -0.3 is 4.57 Å². The highest BCUT2D eigenvalue weighted by Gasteiger charge is 2.39. The van der Waals surface area contributed by atoms with Crippen LogP contribution in [0.1, 0.15) is 22.3 Å². The van der Waals surface area contributed by atoms with Crippen molar-refractivity contribution in [1.82, 2.24) is 4.57 Å². The third-order valence-electron chi connectivity index (χ3n) is 5.90. The maximum atomic E-state index is 3.65. The average Bonchev–Trinajstić information content (AvgIpc) is 3.12. The van der Waals surface area contributed by atoms with E-state index < -0.39 is 5.54 Å². The van der Waals surface area contributed by atoms with Crippen LogP contribution in [0.25, 0.3) is 10.9 Å². The van der Waals surface area contributed by atoms with Crippen LogP contribution in [-0.2, 0) is 5.54 Å². The number of aromatic nitrogens is 1. The first-order valence-electron chi connectivity index (χ1n) is 10.2. The third kappa shape index (κ3) is 2.91. The zero-order valence-electron chi connectivity index (χ0n) is 16.8. The van der Waals surface area contributed by atoms with Crippen LogP contribution >= 0.6 is 15.9 Å². The van der Waals surface area contributed by atoms with Crippen LogP contribution in [-0.4, -0.2) is 4.57 Å². The van der Waals surface area contributed by atoms with E-state index in [0.717, 1.165) is 4.47 Å². The lowest BCUT2D eigenvalue weighted by molar-refractivity contribution is 0.533. The fourth-order valence-corrected chi connectivity index (χ4v) is 4.96. The molecule has 1 nitrogen and oxygen atoms in total. The highest BCUT2D eigenvalue weighted by Crippen LogP contribution is 2.43. The van der Waals surface area contributed by atoms with Crippen molar-refractivity contribution in [2.45, 2.75) is 12.5 Å². The maximum Gasteiger partial charge on any atom is 0.120 e. The van der Waals surface area contributed by atoms with Crippen LogP contribution in [0.4, 0.5) is 0 Å². The third-order valence-corrected chi connectivity index (χ3v) is 6.40. The van der Waals surface area contributed by atoms with Gasteiger partial charge in [-0.1, -0.05) is 107 Å². The van der Waals surface area contributed by atoms with Gasteiger partial charge >= 0.3 is 0 Å². The van der Waals surface area contributed by atoms with Crippen LogP contribution in [0.3, 0.4) is 0 Å². The summed E-state index contributed by atoms with van der Waals surface area (Å²) in [6.45, 7) is 2.19. The van der Waals surface area contributed by atoms with Gasteiger partial charge in [-0.05, 0) is 47.4 Å². The van der Waals surface area contributed by atoms with Gasteiger partial charge in [0.2, 0.25) is 0 Å². The van der Waals surface area contributed by atoms with Gasteiger partial charge in [-0.15, -0.1) is 0 Å². The number of hydrogen-bond donors (Lipinski definition) is 0. The summed E-state index contributed by atoms with van der Waals surface area (Å²) in [6, 6.07) is 39.0. The molecule has 0 saturated heterocycles. The van der Waals surface area contributed by atoms with Crippen molar-refractivity contribution in [2.24, 2.45) is 0 Å². The minimum Gasteiger partial charge on any atom is -0.329 e. The highest BCUT2D eigenvalue weighted by molar-refractivity contribution is 9.10. The number of benzene rings is 4. The van der Waals surface area contributed by atoms with Crippen LogP contribution in [0.2, 0.25) is 0 Å². The van der Waals surface area contributed by atoms with Gasteiger partial charge in [0.25, 0.3) is 0 Å². The topological polar surface area (TPSA) is 4.93 Å². The van der Waals surface area contributed by atoms with E-state index in [4.69, 9.17) is 0 Å². The molecule has 5 rings (SSSR count). The molecule has 0 fully saturated rings. The Morgan fingerprint density at radius 2 is 1.10 bits per heavy atom. The van der Waals surface area contributed by atoms with E-state index in [1.807, 2.05) is 0 Å². The monoisotopic (exact) mass is 451 g/mol. The Morgan fingerprint density at radius 3 is 1.57 bits per heavy atom. The van der Waals surface area contributed by atoms with Crippen molar-refractivity contribution in [3.8, 4) is 0 Å². The number of rotatable bonds is 4. The second-order valence-electron chi connectivity index (χ2n) is 7.65. The lowest BCUT2D eigenvalue weighted by atomic mass is 9.76. The molecule has 0 N–H and O–H groups in total. The van der Waals surface area contributed by atoms with Gasteiger partial charge in [-0.2, -0.15) is 0 Å². The predicted octanol–water partition coefficient (Wildman–Crippen LogP) is 7.55. The Labute approximate surface area is 185 Å². The number of hydrogen-bond acceptors (Lipinski definition) is 0. The van der Waals surface area contributed by atoms with Crippen molar-refractivity contribution in [1.29, 1.82) is 0 Å². The zero-order chi connectivity index (χ0) is 20.6. The molecule has 2 heteroatoms. The summed E-state index contributed by atoms with van der Waals surface area (Å²) in [7, 11) is 0. The molecule has 0 saturated carbocycles. The Hall–Kier alpha value is -3.10. The zero-order valence-corrected chi connectivity index (χ0v) is 18.4. The van der Waals surface area contributed by atoms with Gasteiger partial charge in [0.05, 0.1) is 0 Å². The summed E-state index contributed by atoms with van der Waals surface area (Å²) in [5.74, 6) is 0. The summed E-state index contributed by atoms with van der Waals surface area (Å²) in [5.41, 5.74) is 5.71. The largest absolute Gasteiger partial charge is 0.329 e. The van der Waals surface area contributed by atoms with E-state index in [1.165, 1.54) is 33.2 Å². The predicted molar refractivity (Wildman–Crippen MR) is 129 cm³/mol. The minimum atomic E-state index is -0.482. The van der Waals surface area contributed by atoms with Gasteiger partial charge in [0.15, 0.2) is 0 Å². The van der Waals surface area contributed by atoms with Crippen LogP contribution in [0, 0.1) is 6.92 Å². The van der Waals surface area contributed by atoms with E-state index in [1.54, 1.807) is 0 Å². The van der Waals surface area contributed by atoms with Gasteiger partial charge in [0.1, 0.15) is 5.54 Å². The smallest absolute Gasteiger partial charge is 0.120 e. The maximum absolute atomic E-state index is 3.65. The first-order valence-corrected chi connectivity index (χ1v) is 10.9. The van der Waals surface area contributed by atoms with E-state index in [9.17, 15) is 0 Å². The Bertz CT molecular complexity index is 1190. The number of nitrogens with zero attached hydrogens (tertiary/aromatic N) is 1. The summed E-state index contributed by atoms with van der Waals surface area (Å²) >= 11 is 3.65. The van der Waals surface area contributed by atoms with E-state index in [2.05, 4.69) is 143 Å². The van der Waals surface area contributed by atoms with Gasteiger partial charge in [0, 0.05) is 21.6 Å². The van der Waals surface area contributed by atoms with Crippen molar-refractivity contribution < 1.29 is 0 Å². The molecule has 0 atom stereocenters. The van der Waals surface area contributed by atoms with Gasteiger partial charge in [-0.3, -0.25) is 0 Å². The molecule has 4 aromatic carbocycles.